The number of carbonyl (C=O) groups excluding carboxylic acids is 2. The normalized spacial score (nSPS) is 11.6. The monoisotopic (exact) mass is 468 g/mol. The number of anilines is 1. The Bertz CT molecular complexity index is 1160. The molecule has 0 aliphatic carbocycles. The summed E-state index contributed by atoms with van der Waals surface area (Å²) < 4.78 is 1.85. The van der Waals surface area contributed by atoms with Gasteiger partial charge in [0.1, 0.15) is 0 Å². The number of carbonyl (C=O) groups is 2. The van der Waals surface area contributed by atoms with Gasteiger partial charge in [0.2, 0.25) is 5.91 Å². The number of aromatic nitrogens is 3. The number of non-ortho nitro benzene ring substituents is 1. The molecular weight excluding hydrogens is 444 g/mol. The molecule has 0 fully saturated rings. The largest absolute Gasteiger partial charge is 0.342 e. The molecule has 0 unspecified atom stereocenters. The van der Waals surface area contributed by atoms with Crippen LogP contribution in [-0.2, 0) is 11.3 Å². The van der Waals surface area contributed by atoms with Gasteiger partial charge in [-0.15, -0.1) is 10.2 Å². The summed E-state index contributed by atoms with van der Waals surface area (Å²) in [5, 5.41) is 25.5. The molecule has 3 rings (SSSR count). The number of rotatable bonds is 9. The number of hydrogen-bond acceptors (Lipinski definition) is 7. The average Bonchev–Trinajstić information content (AvgIpc) is 3.22. The van der Waals surface area contributed by atoms with E-state index in [2.05, 4.69) is 20.8 Å². The van der Waals surface area contributed by atoms with E-state index in [1.165, 1.54) is 30.0 Å². The van der Waals surface area contributed by atoms with Crippen molar-refractivity contribution in [3.8, 4) is 0 Å². The number of thioether (sulfide) groups is 1. The summed E-state index contributed by atoms with van der Waals surface area (Å²) in [5.41, 5.74) is 1.64. The Kier molecular flexibility index (Phi) is 7.78. The first-order chi connectivity index (χ1) is 15.8. The molecule has 1 atom stereocenters. The third-order valence-electron chi connectivity index (χ3n) is 4.86. The van der Waals surface area contributed by atoms with Gasteiger partial charge in [-0.3, -0.25) is 19.7 Å². The summed E-state index contributed by atoms with van der Waals surface area (Å²) in [6.07, 6.45) is 0. The number of amides is 2. The molecule has 1 aromatic heterocycles. The maximum atomic E-state index is 12.4. The Morgan fingerprint density at radius 1 is 1.18 bits per heavy atom. The van der Waals surface area contributed by atoms with Crippen molar-refractivity contribution in [1.82, 2.24) is 20.1 Å². The molecule has 2 amide bonds. The fraction of sp³-hybridized carbons (Fsp3) is 0.273. The van der Waals surface area contributed by atoms with Crippen molar-refractivity contribution in [2.45, 2.75) is 38.5 Å². The quantitative estimate of drug-likeness (QED) is 0.278. The molecule has 11 heteroatoms. The maximum Gasteiger partial charge on any atom is 0.269 e. The van der Waals surface area contributed by atoms with E-state index in [9.17, 15) is 19.7 Å². The second kappa shape index (κ2) is 10.7. The first-order valence-corrected chi connectivity index (χ1v) is 11.3. The van der Waals surface area contributed by atoms with Crippen LogP contribution >= 0.6 is 11.8 Å². The lowest BCUT2D eigenvalue weighted by Crippen LogP contribution is -2.28. The van der Waals surface area contributed by atoms with E-state index in [4.69, 9.17) is 0 Å². The van der Waals surface area contributed by atoms with Crippen molar-refractivity contribution in [1.29, 1.82) is 0 Å². The lowest BCUT2D eigenvalue weighted by Gasteiger charge is -2.15. The first kappa shape index (κ1) is 23.9. The molecule has 0 aliphatic heterocycles. The zero-order valence-corrected chi connectivity index (χ0v) is 19.3. The molecule has 3 aromatic rings. The average molecular weight is 469 g/mol. The molecule has 2 aromatic carbocycles. The van der Waals surface area contributed by atoms with Gasteiger partial charge in [-0.05, 0) is 44.5 Å². The predicted octanol–water partition coefficient (Wildman–Crippen LogP) is 3.74. The van der Waals surface area contributed by atoms with Crippen LogP contribution < -0.4 is 10.6 Å². The van der Waals surface area contributed by atoms with Gasteiger partial charge in [0, 0.05) is 29.9 Å². The van der Waals surface area contributed by atoms with Crippen LogP contribution in [0.2, 0.25) is 0 Å². The summed E-state index contributed by atoms with van der Waals surface area (Å²) in [7, 11) is 0. The van der Waals surface area contributed by atoms with Crippen LogP contribution in [0.15, 0.2) is 53.7 Å². The number of nitro groups is 1. The van der Waals surface area contributed by atoms with Crippen LogP contribution in [0.25, 0.3) is 0 Å². The topological polar surface area (TPSA) is 132 Å². The molecule has 10 nitrogen and oxygen atoms in total. The van der Waals surface area contributed by atoms with Crippen molar-refractivity contribution < 1.29 is 14.5 Å². The molecule has 2 N–H and O–H groups in total. The van der Waals surface area contributed by atoms with Gasteiger partial charge in [0.25, 0.3) is 11.6 Å². The minimum absolute atomic E-state index is 0.0306. The molecule has 0 radical (unpaired) electrons. The van der Waals surface area contributed by atoms with Crippen LogP contribution in [0.1, 0.15) is 41.6 Å². The van der Waals surface area contributed by atoms with Gasteiger partial charge in [-0.1, -0.05) is 30.0 Å². The molecule has 0 bridgehead atoms. The Balaban J connectivity index is 1.62. The van der Waals surface area contributed by atoms with Gasteiger partial charge in [-0.2, -0.15) is 0 Å². The van der Waals surface area contributed by atoms with Crippen LogP contribution in [0.5, 0.6) is 0 Å². The third-order valence-corrected chi connectivity index (χ3v) is 5.83. The zero-order valence-electron chi connectivity index (χ0n) is 18.4. The zero-order chi connectivity index (χ0) is 24.0. The summed E-state index contributed by atoms with van der Waals surface area (Å²) in [6.45, 7) is 6.03. The van der Waals surface area contributed by atoms with E-state index in [1.807, 2.05) is 24.5 Å². The van der Waals surface area contributed by atoms with Gasteiger partial charge in [-0.25, -0.2) is 0 Å². The fourth-order valence-electron chi connectivity index (χ4n) is 3.18. The third kappa shape index (κ3) is 5.95. The highest BCUT2D eigenvalue weighted by molar-refractivity contribution is 7.99. The first-order valence-electron chi connectivity index (χ1n) is 10.3. The number of hydrogen-bond donors (Lipinski definition) is 2. The Morgan fingerprint density at radius 3 is 2.55 bits per heavy atom. The van der Waals surface area contributed by atoms with Crippen molar-refractivity contribution in [3.05, 3.63) is 75.6 Å². The van der Waals surface area contributed by atoms with Gasteiger partial charge >= 0.3 is 0 Å². The predicted molar refractivity (Wildman–Crippen MR) is 125 cm³/mol. The van der Waals surface area contributed by atoms with Crippen molar-refractivity contribution in [2.24, 2.45) is 0 Å². The molecule has 172 valence electrons. The minimum Gasteiger partial charge on any atom is -0.342 e. The van der Waals surface area contributed by atoms with Gasteiger partial charge in [0.05, 0.1) is 16.7 Å². The van der Waals surface area contributed by atoms with E-state index in [0.29, 0.717) is 34.3 Å². The smallest absolute Gasteiger partial charge is 0.269 e. The minimum atomic E-state index is -0.479. The summed E-state index contributed by atoms with van der Waals surface area (Å²) in [6, 6.07) is 12.8. The summed E-state index contributed by atoms with van der Waals surface area (Å²) in [5.74, 6) is 0.200. The van der Waals surface area contributed by atoms with E-state index in [1.54, 1.807) is 31.2 Å². The maximum absolute atomic E-state index is 12.4. The fourth-order valence-corrected chi connectivity index (χ4v) is 3.99. The second-order valence-corrected chi connectivity index (χ2v) is 8.18. The van der Waals surface area contributed by atoms with Crippen LogP contribution in [0.4, 0.5) is 11.4 Å². The van der Waals surface area contributed by atoms with E-state index in [-0.39, 0.29) is 29.3 Å². The molecule has 33 heavy (non-hydrogen) atoms. The molecular formula is C22H24N6O4S. The van der Waals surface area contributed by atoms with Crippen LogP contribution in [0.3, 0.4) is 0 Å². The highest BCUT2D eigenvalue weighted by atomic mass is 32.2. The Morgan fingerprint density at radius 2 is 1.91 bits per heavy atom. The Labute approximate surface area is 194 Å². The highest BCUT2D eigenvalue weighted by Crippen LogP contribution is 2.23. The van der Waals surface area contributed by atoms with Gasteiger partial charge < -0.3 is 15.2 Å². The van der Waals surface area contributed by atoms with Gasteiger partial charge in [0.15, 0.2) is 11.0 Å². The van der Waals surface area contributed by atoms with E-state index in [0.717, 1.165) is 0 Å². The number of aryl methyl sites for hydroxylation is 1. The summed E-state index contributed by atoms with van der Waals surface area (Å²) >= 11 is 1.22. The summed E-state index contributed by atoms with van der Waals surface area (Å²) in [4.78, 5) is 35.2. The van der Waals surface area contributed by atoms with Crippen molar-refractivity contribution >= 4 is 35.0 Å². The van der Waals surface area contributed by atoms with E-state index >= 15 is 0 Å². The molecule has 0 aliphatic rings. The van der Waals surface area contributed by atoms with Crippen molar-refractivity contribution in [2.75, 3.05) is 11.1 Å². The van der Waals surface area contributed by atoms with Crippen LogP contribution in [-0.4, -0.2) is 37.3 Å². The lowest BCUT2D eigenvalue weighted by molar-refractivity contribution is -0.384. The van der Waals surface area contributed by atoms with E-state index < -0.39 is 4.92 Å². The second-order valence-electron chi connectivity index (χ2n) is 7.24. The SMILES string of the molecule is CCn1c(SCC(=O)Nc2ccc([N+](=O)[O-])cc2C)nnc1[C@@H](C)NC(=O)c1ccccc1. The van der Waals surface area contributed by atoms with Crippen LogP contribution in [0, 0.1) is 17.0 Å². The molecule has 0 saturated heterocycles. The molecule has 0 spiro atoms. The Hall–Kier alpha value is -3.73. The number of nitrogens with one attached hydrogen (secondary N) is 2. The highest BCUT2D eigenvalue weighted by Gasteiger charge is 2.20. The molecule has 1 heterocycles. The standard InChI is InChI=1S/C22H24N6O4S/c1-4-27-20(15(3)23-21(30)16-8-6-5-7-9-16)25-26-22(27)33-13-19(29)24-18-11-10-17(28(31)32)12-14(18)2/h5-12,15H,4,13H2,1-3H3,(H,23,30)(H,24,29)/t15-/m1/s1. The number of nitrogens with zero attached hydrogens (tertiary/aromatic N) is 4. The van der Waals surface area contributed by atoms with Crippen molar-refractivity contribution in [3.63, 3.8) is 0 Å². The number of nitro benzene ring substituents is 1. The molecule has 0 saturated carbocycles. The number of benzene rings is 2. The lowest BCUT2D eigenvalue weighted by atomic mass is 10.2.